The van der Waals surface area contributed by atoms with Gasteiger partial charge < -0.3 is 4.90 Å². The summed E-state index contributed by atoms with van der Waals surface area (Å²) in [5.74, 6) is 1.000. The van der Waals surface area contributed by atoms with Crippen LogP contribution in [0.4, 0.5) is 0 Å². The van der Waals surface area contributed by atoms with Crippen molar-refractivity contribution in [3.8, 4) is 0 Å². The van der Waals surface area contributed by atoms with E-state index in [9.17, 15) is 0 Å². The van der Waals surface area contributed by atoms with Crippen LogP contribution in [-0.2, 0) is 6.54 Å². The zero-order valence-electron chi connectivity index (χ0n) is 13.4. The van der Waals surface area contributed by atoms with Gasteiger partial charge in [-0.15, -0.1) is 0 Å². The fourth-order valence-electron chi connectivity index (χ4n) is 4.19. The molecular formula is C19H25N3. The van der Waals surface area contributed by atoms with Gasteiger partial charge in [0.2, 0.25) is 0 Å². The van der Waals surface area contributed by atoms with Crippen LogP contribution < -0.4 is 0 Å². The summed E-state index contributed by atoms with van der Waals surface area (Å²) in [6, 6.07) is 11.5. The molecule has 2 aliphatic rings. The molecule has 1 saturated carbocycles. The average molecular weight is 295 g/mol. The molecule has 4 rings (SSSR count). The number of nitrogens with zero attached hydrogens (tertiary/aromatic N) is 3. The summed E-state index contributed by atoms with van der Waals surface area (Å²) < 4.78 is 0. The predicted octanol–water partition coefficient (Wildman–Crippen LogP) is 3.15. The monoisotopic (exact) mass is 295 g/mol. The number of piperidine rings is 1. The maximum absolute atomic E-state index is 4.57. The molecule has 2 fully saturated rings. The van der Waals surface area contributed by atoms with E-state index >= 15 is 0 Å². The molecule has 2 bridgehead atoms. The van der Waals surface area contributed by atoms with Crippen LogP contribution >= 0.6 is 0 Å². The lowest BCUT2D eigenvalue weighted by Gasteiger charge is -2.28. The highest BCUT2D eigenvalue weighted by Gasteiger charge is 2.37. The maximum Gasteiger partial charge on any atom is 0.0702 e. The number of aromatic nitrogens is 1. The van der Waals surface area contributed by atoms with Crippen molar-refractivity contribution in [2.45, 2.75) is 31.8 Å². The number of likely N-dealkylation sites (tertiary alicyclic amines) is 1. The van der Waals surface area contributed by atoms with E-state index in [1.807, 2.05) is 12.3 Å². The third kappa shape index (κ3) is 2.88. The predicted molar refractivity (Wildman–Crippen MR) is 90.8 cm³/mol. The molecule has 2 heterocycles. The number of hydrogen-bond acceptors (Lipinski definition) is 3. The largest absolute Gasteiger partial charge is 0.301 e. The van der Waals surface area contributed by atoms with E-state index in [0.29, 0.717) is 0 Å². The van der Waals surface area contributed by atoms with E-state index in [-0.39, 0.29) is 0 Å². The molecule has 2 aromatic rings. The Balaban J connectivity index is 1.33. The molecule has 1 aliphatic heterocycles. The highest BCUT2D eigenvalue weighted by molar-refractivity contribution is 5.78. The molecule has 0 unspecified atom stereocenters. The first-order chi connectivity index (χ1) is 10.8. The van der Waals surface area contributed by atoms with E-state index in [1.54, 1.807) is 0 Å². The minimum absolute atomic E-state index is 0.890. The summed E-state index contributed by atoms with van der Waals surface area (Å²) >= 11 is 0. The summed E-state index contributed by atoms with van der Waals surface area (Å²) in [7, 11) is 2.23. The van der Waals surface area contributed by atoms with Gasteiger partial charge in [0.05, 0.1) is 5.52 Å². The summed E-state index contributed by atoms with van der Waals surface area (Å²) in [6.45, 7) is 4.70. The fraction of sp³-hybridized carbons (Fsp3) is 0.526. The first-order valence-corrected chi connectivity index (χ1v) is 8.54. The van der Waals surface area contributed by atoms with Crippen LogP contribution in [0.25, 0.3) is 10.9 Å². The van der Waals surface area contributed by atoms with Crippen LogP contribution in [0, 0.1) is 5.92 Å². The van der Waals surface area contributed by atoms with E-state index in [1.165, 1.54) is 43.3 Å². The minimum Gasteiger partial charge on any atom is -0.301 e. The van der Waals surface area contributed by atoms with E-state index in [4.69, 9.17) is 0 Å². The summed E-state index contributed by atoms with van der Waals surface area (Å²) in [5.41, 5.74) is 2.39. The van der Waals surface area contributed by atoms with Gasteiger partial charge in [0.1, 0.15) is 0 Å². The minimum atomic E-state index is 0.890. The number of likely N-dealkylation sites (N-methyl/N-ethyl adjacent to an activating group) is 1. The fourth-order valence-corrected chi connectivity index (χ4v) is 4.19. The topological polar surface area (TPSA) is 19.4 Å². The highest BCUT2D eigenvalue weighted by Crippen LogP contribution is 2.36. The summed E-state index contributed by atoms with van der Waals surface area (Å²) in [5, 5.41) is 1.24. The van der Waals surface area contributed by atoms with Crippen molar-refractivity contribution in [1.29, 1.82) is 0 Å². The first kappa shape index (κ1) is 14.2. The second-order valence-electron chi connectivity index (χ2n) is 7.10. The van der Waals surface area contributed by atoms with E-state index in [2.05, 4.69) is 46.1 Å². The van der Waals surface area contributed by atoms with Gasteiger partial charge in [0, 0.05) is 43.8 Å². The molecule has 0 amide bonds. The van der Waals surface area contributed by atoms with Gasteiger partial charge in [-0.05, 0) is 49.9 Å². The Morgan fingerprint density at radius 2 is 2.18 bits per heavy atom. The molecule has 0 spiro atoms. The van der Waals surface area contributed by atoms with Gasteiger partial charge in [0.25, 0.3) is 0 Å². The third-order valence-corrected chi connectivity index (χ3v) is 5.39. The Hall–Kier alpha value is -1.45. The molecule has 1 aliphatic carbocycles. The second kappa shape index (κ2) is 5.98. The Morgan fingerprint density at radius 1 is 1.27 bits per heavy atom. The van der Waals surface area contributed by atoms with Crippen LogP contribution in [0.15, 0.2) is 36.5 Å². The first-order valence-electron chi connectivity index (χ1n) is 8.54. The van der Waals surface area contributed by atoms with Gasteiger partial charge in [-0.1, -0.05) is 18.2 Å². The van der Waals surface area contributed by atoms with Crippen LogP contribution in [0.3, 0.4) is 0 Å². The highest BCUT2D eigenvalue weighted by atomic mass is 15.2. The maximum atomic E-state index is 4.57. The molecule has 0 radical (unpaired) electrons. The van der Waals surface area contributed by atoms with Gasteiger partial charge in [-0.2, -0.15) is 0 Å². The Bertz CT molecular complexity index is 654. The molecule has 22 heavy (non-hydrogen) atoms. The second-order valence-corrected chi connectivity index (χ2v) is 7.10. The molecule has 3 nitrogen and oxygen atoms in total. The van der Waals surface area contributed by atoms with Crippen molar-refractivity contribution in [1.82, 2.24) is 14.8 Å². The SMILES string of the molecule is CN(CCN1C[C@H]2CC[C@@H]1C2)Cc1cnc2ccccc2c1. The molecule has 2 atom stereocenters. The Kier molecular flexibility index (Phi) is 3.85. The van der Waals surface area contributed by atoms with Crippen LogP contribution in [-0.4, -0.2) is 47.5 Å². The van der Waals surface area contributed by atoms with Gasteiger partial charge in [-0.25, -0.2) is 0 Å². The van der Waals surface area contributed by atoms with Gasteiger partial charge in [0.15, 0.2) is 0 Å². The van der Waals surface area contributed by atoms with Gasteiger partial charge in [-0.3, -0.25) is 9.88 Å². The van der Waals surface area contributed by atoms with Crippen LogP contribution in [0.5, 0.6) is 0 Å². The van der Waals surface area contributed by atoms with Crippen molar-refractivity contribution in [2.24, 2.45) is 5.92 Å². The van der Waals surface area contributed by atoms with Crippen LogP contribution in [0.1, 0.15) is 24.8 Å². The zero-order valence-corrected chi connectivity index (χ0v) is 13.4. The van der Waals surface area contributed by atoms with Crippen molar-refractivity contribution in [3.63, 3.8) is 0 Å². The molecule has 1 aromatic carbocycles. The number of para-hydroxylation sites is 1. The number of fused-ring (bicyclic) bond motifs is 3. The number of rotatable bonds is 5. The summed E-state index contributed by atoms with van der Waals surface area (Å²) in [6.07, 6.45) is 6.39. The lowest BCUT2D eigenvalue weighted by atomic mass is 10.1. The van der Waals surface area contributed by atoms with Gasteiger partial charge >= 0.3 is 0 Å². The average Bonchev–Trinajstić information content (AvgIpc) is 3.15. The van der Waals surface area contributed by atoms with Crippen molar-refractivity contribution in [3.05, 3.63) is 42.1 Å². The molecular weight excluding hydrogens is 270 g/mol. The number of benzene rings is 1. The van der Waals surface area contributed by atoms with E-state index in [0.717, 1.165) is 30.6 Å². The lowest BCUT2D eigenvalue weighted by Crippen LogP contribution is -2.38. The van der Waals surface area contributed by atoms with Crippen LogP contribution in [0.2, 0.25) is 0 Å². The molecule has 3 heteroatoms. The Morgan fingerprint density at radius 3 is 3.00 bits per heavy atom. The lowest BCUT2D eigenvalue weighted by molar-refractivity contribution is 0.182. The van der Waals surface area contributed by atoms with Crippen molar-refractivity contribution < 1.29 is 0 Å². The number of hydrogen-bond donors (Lipinski definition) is 0. The molecule has 1 aromatic heterocycles. The van der Waals surface area contributed by atoms with E-state index < -0.39 is 0 Å². The molecule has 116 valence electrons. The third-order valence-electron chi connectivity index (χ3n) is 5.39. The summed E-state index contributed by atoms with van der Waals surface area (Å²) in [4.78, 5) is 9.71. The normalized spacial score (nSPS) is 24.6. The molecule has 0 N–H and O–H groups in total. The zero-order chi connectivity index (χ0) is 14.9. The van der Waals surface area contributed by atoms with Crippen molar-refractivity contribution >= 4 is 10.9 Å². The standard InChI is InChI=1S/C19H25N3/c1-21(8-9-22-14-15-6-7-18(22)11-15)13-16-10-17-4-2-3-5-19(17)20-12-16/h2-5,10,12,15,18H,6-9,11,13-14H2,1H3/t15-,18+/m0/s1. The smallest absolute Gasteiger partial charge is 0.0702 e. The van der Waals surface area contributed by atoms with Crippen molar-refractivity contribution in [2.75, 3.05) is 26.7 Å². The Labute approximate surface area is 132 Å². The molecule has 1 saturated heterocycles. The quantitative estimate of drug-likeness (QED) is 0.845. The number of pyridine rings is 1.